The van der Waals surface area contributed by atoms with Crippen LogP contribution in [0.2, 0.25) is 0 Å². The summed E-state index contributed by atoms with van der Waals surface area (Å²) >= 11 is 0. The van der Waals surface area contributed by atoms with Crippen molar-refractivity contribution >= 4 is 17.5 Å². The normalized spacial score (nSPS) is 14.5. The van der Waals surface area contributed by atoms with E-state index in [2.05, 4.69) is 23.9 Å². The fourth-order valence-electron chi connectivity index (χ4n) is 2.42. The molecule has 0 unspecified atom stereocenters. The molecule has 0 atom stereocenters. The smallest absolute Gasteiger partial charge is 0.0976 e. The van der Waals surface area contributed by atoms with E-state index in [0.29, 0.717) is 0 Å². The molecule has 1 aliphatic heterocycles. The summed E-state index contributed by atoms with van der Waals surface area (Å²) in [4.78, 5) is 4.38. The van der Waals surface area contributed by atoms with E-state index in [-0.39, 0.29) is 0 Å². The highest BCUT2D eigenvalue weighted by Crippen LogP contribution is 2.18. The number of hydrogen-bond donors (Lipinski definition) is 1. The summed E-state index contributed by atoms with van der Waals surface area (Å²) < 4.78 is 0. The van der Waals surface area contributed by atoms with Crippen molar-refractivity contribution < 1.29 is 0 Å². The van der Waals surface area contributed by atoms with Crippen molar-refractivity contribution in [3.63, 3.8) is 0 Å². The molecule has 0 saturated heterocycles. The van der Waals surface area contributed by atoms with E-state index in [1.807, 2.05) is 31.2 Å². The van der Waals surface area contributed by atoms with Crippen LogP contribution in [0.5, 0.6) is 0 Å². The van der Waals surface area contributed by atoms with Gasteiger partial charge < -0.3 is 5.73 Å². The second-order valence-electron chi connectivity index (χ2n) is 4.70. The molecule has 0 spiro atoms. The fraction of sp³-hybridized carbons (Fsp3) is 0.118. The standard InChI is InChI=1S/C17H14N2/c1-4-11-8-12(5-2)14(18)9-13(11)16-10(3)6-7-15-17(16)19-15/h1,5-9H,18H2,2-3H3/b12-5-,16-13?. The van der Waals surface area contributed by atoms with Crippen molar-refractivity contribution in [2.45, 2.75) is 13.8 Å². The summed E-state index contributed by atoms with van der Waals surface area (Å²) in [7, 11) is 0. The van der Waals surface area contributed by atoms with Gasteiger partial charge in [0, 0.05) is 21.7 Å². The Labute approximate surface area is 111 Å². The lowest BCUT2D eigenvalue weighted by Crippen LogP contribution is -2.09. The highest BCUT2D eigenvalue weighted by atomic mass is 14.9. The summed E-state index contributed by atoms with van der Waals surface area (Å²) in [5, 5.41) is 4.13. The largest absolute Gasteiger partial charge is 0.398 e. The van der Waals surface area contributed by atoms with Crippen LogP contribution in [-0.4, -0.2) is 0 Å². The summed E-state index contributed by atoms with van der Waals surface area (Å²) in [6, 6.07) is 8.02. The lowest BCUT2D eigenvalue weighted by atomic mass is 10.0. The molecule has 2 aromatic rings. The van der Waals surface area contributed by atoms with Crippen LogP contribution in [0.1, 0.15) is 18.1 Å². The first kappa shape index (κ1) is 11.6. The number of hydrogen-bond acceptors (Lipinski definition) is 2. The van der Waals surface area contributed by atoms with Gasteiger partial charge in [-0.15, -0.1) is 6.42 Å². The molecule has 3 rings (SSSR count). The average molecular weight is 246 g/mol. The Bertz CT molecular complexity index is 945. The number of benzene rings is 2. The lowest BCUT2D eigenvalue weighted by Gasteiger charge is -2.00. The van der Waals surface area contributed by atoms with Crippen LogP contribution < -0.4 is 16.3 Å². The van der Waals surface area contributed by atoms with Gasteiger partial charge in [0.05, 0.1) is 11.0 Å². The summed E-state index contributed by atoms with van der Waals surface area (Å²) in [5.74, 6) is 2.76. The number of nitrogens with two attached hydrogens (primary N) is 1. The van der Waals surface area contributed by atoms with Gasteiger partial charge in [-0.05, 0) is 42.8 Å². The molecule has 1 heterocycles. The Balaban J connectivity index is 2.64. The molecule has 0 bridgehead atoms. The van der Waals surface area contributed by atoms with Crippen molar-refractivity contribution in [1.82, 2.24) is 0 Å². The van der Waals surface area contributed by atoms with E-state index < -0.39 is 0 Å². The third-order valence-electron chi connectivity index (χ3n) is 3.51. The molecule has 19 heavy (non-hydrogen) atoms. The second-order valence-corrected chi connectivity index (χ2v) is 4.70. The predicted octanol–water partition coefficient (Wildman–Crippen LogP) is 1.91. The maximum Gasteiger partial charge on any atom is 0.0976 e. The summed E-state index contributed by atoms with van der Waals surface area (Å²) in [5.41, 5.74) is 9.91. The number of fused-ring (bicyclic) bond motifs is 1. The van der Waals surface area contributed by atoms with Crippen LogP contribution in [0.15, 0.2) is 29.3 Å². The lowest BCUT2D eigenvalue weighted by molar-refractivity contribution is 1.35. The molecular weight excluding hydrogens is 232 g/mol. The Morgan fingerprint density at radius 2 is 2.11 bits per heavy atom. The van der Waals surface area contributed by atoms with Crippen LogP contribution in [0, 0.1) is 29.7 Å². The Morgan fingerprint density at radius 3 is 2.79 bits per heavy atom. The minimum absolute atomic E-state index is 0.745. The quantitative estimate of drug-likeness (QED) is 0.477. The average Bonchev–Trinajstić information content (AvgIpc) is 3.17. The number of terminal acetylenes is 1. The van der Waals surface area contributed by atoms with Gasteiger partial charge in [0.2, 0.25) is 0 Å². The Kier molecular flexibility index (Phi) is 2.43. The molecule has 2 N–H and O–H groups in total. The van der Waals surface area contributed by atoms with Crippen molar-refractivity contribution in [3.05, 3.63) is 56.4 Å². The van der Waals surface area contributed by atoms with E-state index in [1.165, 1.54) is 5.56 Å². The topological polar surface area (TPSA) is 38.4 Å². The van der Waals surface area contributed by atoms with Gasteiger partial charge in [-0.1, -0.05) is 18.1 Å². The molecule has 0 amide bonds. The maximum atomic E-state index is 6.08. The highest BCUT2D eigenvalue weighted by molar-refractivity contribution is 5.54. The SMILES string of the molecule is C#Cc1c/c(=C/C)c(N)cc1=c1c(C)ccc2c1=N2. The fourth-order valence-corrected chi connectivity index (χ4v) is 2.42. The minimum atomic E-state index is 0.745. The molecule has 0 aromatic heterocycles. The van der Waals surface area contributed by atoms with Gasteiger partial charge in [-0.2, -0.15) is 0 Å². The van der Waals surface area contributed by atoms with Crippen LogP contribution in [0.25, 0.3) is 6.08 Å². The van der Waals surface area contributed by atoms with Gasteiger partial charge in [0.15, 0.2) is 0 Å². The van der Waals surface area contributed by atoms with Crippen molar-refractivity contribution in [2.75, 3.05) is 5.73 Å². The van der Waals surface area contributed by atoms with Gasteiger partial charge in [0.1, 0.15) is 0 Å². The number of nitrogens with zero attached hydrogens (tertiary/aromatic N) is 1. The molecule has 0 saturated carbocycles. The second kappa shape index (κ2) is 4.00. The zero-order chi connectivity index (χ0) is 13.6. The molecule has 1 aliphatic rings. The van der Waals surface area contributed by atoms with Gasteiger partial charge in [0.25, 0.3) is 0 Å². The number of aryl methyl sites for hydroxylation is 1. The molecule has 92 valence electrons. The highest BCUT2D eigenvalue weighted by Gasteiger charge is 2.11. The third-order valence-corrected chi connectivity index (χ3v) is 3.51. The van der Waals surface area contributed by atoms with Crippen molar-refractivity contribution in [1.29, 1.82) is 0 Å². The minimum Gasteiger partial charge on any atom is -0.398 e. The van der Waals surface area contributed by atoms with Gasteiger partial charge >= 0.3 is 0 Å². The first-order valence-electron chi connectivity index (χ1n) is 6.21. The first-order chi connectivity index (χ1) is 9.15. The van der Waals surface area contributed by atoms with Gasteiger partial charge in [-0.25, -0.2) is 4.99 Å². The molecular formula is C17H14N2. The zero-order valence-corrected chi connectivity index (χ0v) is 11.0. The number of nitrogen functional groups attached to an aromatic ring is 1. The molecule has 0 radical (unpaired) electrons. The Hall–Kier alpha value is -2.53. The predicted molar refractivity (Wildman–Crippen MR) is 78.2 cm³/mol. The molecule has 2 aromatic carbocycles. The maximum absolute atomic E-state index is 6.08. The summed E-state index contributed by atoms with van der Waals surface area (Å²) in [6.07, 6.45) is 7.61. The van der Waals surface area contributed by atoms with E-state index in [1.54, 1.807) is 0 Å². The molecule has 2 heteroatoms. The summed E-state index contributed by atoms with van der Waals surface area (Å²) in [6.45, 7) is 4.02. The third kappa shape index (κ3) is 1.71. The van der Waals surface area contributed by atoms with E-state index in [9.17, 15) is 0 Å². The number of rotatable bonds is 0. The number of anilines is 1. The first-order valence-corrected chi connectivity index (χ1v) is 6.21. The zero-order valence-electron chi connectivity index (χ0n) is 11.0. The Morgan fingerprint density at radius 1 is 1.32 bits per heavy atom. The van der Waals surface area contributed by atoms with Crippen LogP contribution >= 0.6 is 0 Å². The molecule has 0 fully saturated rings. The van der Waals surface area contributed by atoms with Crippen LogP contribution in [-0.2, 0) is 0 Å². The molecule has 0 aliphatic carbocycles. The van der Waals surface area contributed by atoms with E-state index in [4.69, 9.17) is 12.2 Å². The van der Waals surface area contributed by atoms with Crippen LogP contribution in [0.4, 0.5) is 11.4 Å². The van der Waals surface area contributed by atoms with Gasteiger partial charge in [-0.3, -0.25) is 0 Å². The monoisotopic (exact) mass is 246 g/mol. The van der Waals surface area contributed by atoms with Crippen molar-refractivity contribution in [3.8, 4) is 12.3 Å². The molecule has 2 nitrogen and oxygen atoms in total. The van der Waals surface area contributed by atoms with Crippen molar-refractivity contribution in [2.24, 2.45) is 4.99 Å². The van der Waals surface area contributed by atoms with E-state index >= 15 is 0 Å². The van der Waals surface area contributed by atoms with Crippen LogP contribution in [0.3, 0.4) is 0 Å². The van der Waals surface area contributed by atoms with E-state index in [0.717, 1.165) is 38.0 Å².